The summed E-state index contributed by atoms with van der Waals surface area (Å²) in [6, 6.07) is 0. The smallest absolute Gasteiger partial charge is 0.0292 e. The van der Waals surface area contributed by atoms with Gasteiger partial charge in [-0.2, -0.15) is 0 Å². The molecule has 9 aliphatic rings. The topological polar surface area (TPSA) is 0 Å². The van der Waals surface area contributed by atoms with Crippen LogP contribution in [0.1, 0.15) is 181 Å². The summed E-state index contributed by atoms with van der Waals surface area (Å²) in [7, 11) is 0. The summed E-state index contributed by atoms with van der Waals surface area (Å²) < 4.78 is 0. The van der Waals surface area contributed by atoms with Crippen molar-refractivity contribution in [3.63, 3.8) is 0 Å². The second kappa shape index (κ2) is 12.7. The lowest BCUT2D eigenvalue weighted by Gasteiger charge is -2.58. The first-order chi connectivity index (χ1) is 22.1. The molecule has 0 amide bonds. The van der Waals surface area contributed by atoms with E-state index in [0.717, 1.165) is 94.7 Å². The van der Waals surface area contributed by atoms with Crippen molar-refractivity contribution in [2.45, 2.75) is 181 Å². The quantitative estimate of drug-likeness (QED) is 0.297. The lowest BCUT2D eigenvalue weighted by molar-refractivity contribution is -0.0870. The zero-order valence-corrected chi connectivity index (χ0v) is 30.1. The highest BCUT2D eigenvalue weighted by Gasteiger charge is 2.60. The molecule has 15 unspecified atom stereocenters. The van der Waals surface area contributed by atoms with E-state index in [0.29, 0.717) is 5.41 Å². The fraction of sp³-hybridized carbons (Fsp3) is 1.00. The number of fused-ring (bicyclic) bond motifs is 7. The average molecular weight is 615 g/mol. The van der Waals surface area contributed by atoms with Crippen LogP contribution in [-0.4, -0.2) is 0 Å². The van der Waals surface area contributed by atoms with Crippen molar-refractivity contribution < 1.29 is 0 Å². The molecule has 0 heterocycles. The van der Waals surface area contributed by atoms with Gasteiger partial charge in [0.15, 0.2) is 0 Å². The van der Waals surface area contributed by atoms with Gasteiger partial charge in [0.25, 0.3) is 0 Å². The van der Waals surface area contributed by atoms with Crippen molar-refractivity contribution in [3.8, 4) is 0 Å². The minimum Gasteiger partial charge on any atom is -0.0594 e. The molecular formula is C45H74. The van der Waals surface area contributed by atoms with Gasteiger partial charge in [0, 0.05) is 0 Å². The Hall–Kier alpha value is 0. The van der Waals surface area contributed by atoms with Crippen LogP contribution in [0.5, 0.6) is 0 Å². The summed E-state index contributed by atoms with van der Waals surface area (Å²) >= 11 is 0. The molecule has 9 aliphatic carbocycles. The summed E-state index contributed by atoms with van der Waals surface area (Å²) in [6.07, 6.45) is 41.7. The van der Waals surface area contributed by atoms with Gasteiger partial charge in [0.2, 0.25) is 0 Å². The number of rotatable bonds is 3. The number of hydrogen-bond donors (Lipinski definition) is 0. The van der Waals surface area contributed by atoms with Gasteiger partial charge in [-0.05, 0) is 177 Å². The molecule has 0 heteroatoms. The van der Waals surface area contributed by atoms with Crippen LogP contribution < -0.4 is 0 Å². The largest absolute Gasteiger partial charge is 0.0594 e. The second-order valence-corrected chi connectivity index (χ2v) is 20.7. The predicted molar refractivity (Wildman–Crippen MR) is 190 cm³/mol. The standard InChI is InChI=1S/C45H74/c1-45(2)43-27-32(29-12-4-3-5-13-29)20-22-38(43)39-23-21-34(28-44(39)45)40-24-30-14-6-7-15-31(30)25-42(40)41-26-33-16-8-9-17-35(33)36-18-10-11-19-37(36)41/h29-44H,3-28H2,1-2H3. The van der Waals surface area contributed by atoms with Crippen LogP contribution in [0.15, 0.2) is 0 Å². The lowest BCUT2D eigenvalue weighted by Crippen LogP contribution is -2.50. The first-order valence-electron chi connectivity index (χ1n) is 22.1. The van der Waals surface area contributed by atoms with Crippen molar-refractivity contribution in [2.75, 3.05) is 0 Å². The van der Waals surface area contributed by atoms with Crippen molar-refractivity contribution >= 4 is 0 Å². The van der Waals surface area contributed by atoms with Gasteiger partial charge in [0.05, 0.1) is 0 Å². The van der Waals surface area contributed by atoms with Gasteiger partial charge in [-0.15, -0.1) is 0 Å². The van der Waals surface area contributed by atoms with E-state index in [1.165, 1.54) is 6.42 Å². The molecule has 0 aromatic heterocycles. The molecule has 45 heavy (non-hydrogen) atoms. The first-order valence-corrected chi connectivity index (χ1v) is 22.1. The molecule has 15 atom stereocenters. The van der Waals surface area contributed by atoms with Gasteiger partial charge < -0.3 is 0 Å². The van der Waals surface area contributed by atoms with E-state index in [2.05, 4.69) is 13.8 Å². The van der Waals surface area contributed by atoms with Crippen molar-refractivity contribution in [2.24, 2.45) is 100 Å². The van der Waals surface area contributed by atoms with Crippen LogP contribution in [0.3, 0.4) is 0 Å². The highest BCUT2D eigenvalue weighted by Crippen LogP contribution is 2.67. The Morgan fingerprint density at radius 1 is 0.267 bits per heavy atom. The Morgan fingerprint density at radius 2 is 0.667 bits per heavy atom. The predicted octanol–water partition coefficient (Wildman–Crippen LogP) is 13.1. The summed E-state index contributed by atoms with van der Waals surface area (Å²) in [5.74, 6) is 17.7. The maximum atomic E-state index is 2.83. The molecule has 0 aliphatic heterocycles. The molecule has 0 aromatic rings. The van der Waals surface area contributed by atoms with Crippen LogP contribution in [0.2, 0.25) is 0 Å². The van der Waals surface area contributed by atoms with E-state index >= 15 is 0 Å². The molecular weight excluding hydrogens is 540 g/mol. The molecule has 0 spiro atoms. The van der Waals surface area contributed by atoms with Crippen molar-refractivity contribution in [1.29, 1.82) is 0 Å². The highest BCUT2D eigenvalue weighted by molar-refractivity contribution is 5.09. The van der Waals surface area contributed by atoms with E-state index in [-0.39, 0.29) is 0 Å². The third kappa shape index (κ3) is 5.48. The van der Waals surface area contributed by atoms with Crippen LogP contribution in [0.4, 0.5) is 0 Å². The Labute approximate surface area is 280 Å². The molecule has 0 aromatic carbocycles. The Balaban J connectivity index is 0.970. The fourth-order valence-corrected chi connectivity index (χ4v) is 17.2. The molecule has 0 nitrogen and oxygen atoms in total. The van der Waals surface area contributed by atoms with Crippen molar-refractivity contribution in [3.05, 3.63) is 0 Å². The normalized spacial score (nSPS) is 53.3. The van der Waals surface area contributed by atoms with Crippen LogP contribution in [0.25, 0.3) is 0 Å². The Bertz CT molecular complexity index is 1000. The van der Waals surface area contributed by atoms with E-state index in [1.54, 1.807) is 161 Å². The molecule has 9 fully saturated rings. The van der Waals surface area contributed by atoms with Gasteiger partial charge >= 0.3 is 0 Å². The maximum Gasteiger partial charge on any atom is -0.0292 e. The third-order valence-electron chi connectivity index (χ3n) is 19.1. The third-order valence-corrected chi connectivity index (χ3v) is 19.1. The molecule has 0 N–H and O–H groups in total. The first kappa shape index (κ1) is 31.0. The lowest BCUT2D eigenvalue weighted by atomic mass is 9.47. The van der Waals surface area contributed by atoms with E-state index in [4.69, 9.17) is 0 Å². The second-order valence-electron chi connectivity index (χ2n) is 20.7. The molecule has 9 rings (SSSR count). The monoisotopic (exact) mass is 615 g/mol. The van der Waals surface area contributed by atoms with Crippen molar-refractivity contribution in [1.82, 2.24) is 0 Å². The molecule has 0 radical (unpaired) electrons. The maximum absolute atomic E-state index is 2.83. The molecule has 0 bridgehead atoms. The van der Waals surface area contributed by atoms with E-state index in [9.17, 15) is 0 Å². The summed E-state index contributed by atoms with van der Waals surface area (Å²) in [5, 5.41) is 0. The Morgan fingerprint density at radius 3 is 1.36 bits per heavy atom. The summed E-state index contributed by atoms with van der Waals surface area (Å²) in [4.78, 5) is 0. The van der Waals surface area contributed by atoms with Crippen LogP contribution in [0, 0.1) is 100 Å². The molecule has 0 saturated heterocycles. The zero-order valence-electron chi connectivity index (χ0n) is 30.1. The molecule has 9 saturated carbocycles. The fourth-order valence-electron chi connectivity index (χ4n) is 17.2. The zero-order chi connectivity index (χ0) is 30.1. The van der Waals surface area contributed by atoms with Crippen LogP contribution >= 0.6 is 0 Å². The average Bonchev–Trinajstić information content (AvgIpc) is 3.32. The van der Waals surface area contributed by atoms with Crippen LogP contribution in [-0.2, 0) is 0 Å². The molecule has 254 valence electrons. The Kier molecular flexibility index (Phi) is 8.76. The van der Waals surface area contributed by atoms with E-state index in [1.807, 2.05) is 0 Å². The van der Waals surface area contributed by atoms with Gasteiger partial charge in [-0.1, -0.05) is 104 Å². The number of hydrogen-bond acceptors (Lipinski definition) is 0. The summed E-state index contributed by atoms with van der Waals surface area (Å²) in [6.45, 7) is 5.65. The summed E-state index contributed by atoms with van der Waals surface area (Å²) in [5.41, 5.74) is 0.605. The SMILES string of the molecule is CC1(C)C2CC(C3CCCCC3)CCC2C2CCC(C3CC4CCCCC4CC3C3CC4CCCCC4C4CCCCC43)CC21. The van der Waals surface area contributed by atoms with Gasteiger partial charge in [0.1, 0.15) is 0 Å². The minimum absolute atomic E-state index is 0.605. The highest BCUT2D eigenvalue weighted by atomic mass is 14.6. The van der Waals surface area contributed by atoms with E-state index < -0.39 is 0 Å². The van der Waals surface area contributed by atoms with Gasteiger partial charge in [-0.3, -0.25) is 0 Å². The minimum atomic E-state index is 0.605. The van der Waals surface area contributed by atoms with Gasteiger partial charge in [-0.25, -0.2) is 0 Å².